The Bertz CT molecular complexity index is 283. The van der Waals surface area contributed by atoms with E-state index in [9.17, 15) is 9.59 Å². The van der Waals surface area contributed by atoms with Gasteiger partial charge in [-0.1, -0.05) is 11.8 Å². The first-order valence-electron chi connectivity index (χ1n) is 4.56. The van der Waals surface area contributed by atoms with Gasteiger partial charge in [0.1, 0.15) is 0 Å². The number of thioether (sulfide) groups is 1. The van der Waals surface area contributed by atoms with E-state index in [2.05, 4.69) is 15.6 Å². The van der Waals surface area contributed by atoms with Crippen LogP contribution in [-0.4, -0.2) is 41.7 Å². The number of hydrogen-bond acceptors (Lipinski definition) is 4. The molecule has 0 saturated heterocycles. The molecule has 84 valence electrons. The quantitative estimate of drug-likeness (QED) is 0.419. The van der Waals surface area contributed by atoms with Crippen molar-refractivity contribution in [1.29, 1.82) is 0 Å². The molecule has 1 heterocycles. The normalized spacial score (nSPS) is 14.6. The molecule has 0 aromatic heterocycles. The highest BCUT2D eigenvalue weighted by atomic mass is 35.5. The van der Waals surface area contributed by atoms with Crippen molar-refractivity contribution in [3.8, 4) is 0 Å². The monoisotopic (exact) mass is 249 g/mol. The number of amidine groups is 1. The molecule has 0 saturated carbocycles. The third kappa shape index (κ3) is 4.53. The van der Waals surface area contributed by atoms with Gasteiger partial charge >= 0.3 is 11.8 Å². The zero-order valence-electron chi connectivity index (χ0n) is 8.09. The van der Waals surface area contributed by atoms with Crippen LogP contribution >= 0.6 is 23.4 Å². The summed E-state index contributed by atoms with van der Waals surface area (Å²) in [5.74, 6) is 0.00143. The second-order valence-electron chi connectivity index (χ2n) is 2.79. The number of hydrogen-bond donors (Lipinski definition) is 2. The van der Waals surface area contributed by atoms with Crippen molar-refractivity contribution in [2.75, 3.05) is 24.7 Å². The Labute approximate surface area is 97.0 Å². The molecule has 0 aromatic carbocycles. The van der Waals surface area contributed by atoms with Gasteiger partial charge in [0, 0.05) is 18.2 Å². The summed E-state index contributed by atoms with van der Waals surface area (Å²) in [5, 5.41) is 5.41. The summed E-state index contributed by atoms with van der Waals surface area (Å²) >= 11 is 6.86. The minimum Gasteiger partial charge on any atom is -0.348 e. The number of halogens is 1. The van der Waals surface area contributed by atoms with E-state index in [1.807, 2.05) is 0 Å². The molecule has 0 atom stereocenters. The maximum absolute atomic E-state index is 11.2. The third-order valence-corrected chi connectivity index (χ3v) is 2.77. The molecule has 0 fully saturated rings. The fourth-order valence-electron chi connectivity index (χ4n) is 0.914. The molecule has 0 bridgehead atoms. The number of aliphatic imine (C=N–C) groups is 1. The predicted molar refractivity (Wildman–Crippen MR) is 61.2 cm³/mol. The van der Waals surface area contributed by atoms with Crippen molar-refractivity contribution in [3.05, 3.63) is 0 Å². The number of nitrogens with zero attached hydrogens (tertiary/aromatic N) is 1. The van der Waals surface area contributed by atoms with Gasteiger partial charge in [-0.3, -0.25) is 19.9 Å². The second-order valence-corrected chi connectivity index (χ2v) is 4.25. The molecular weight excluding hydrogens is 238 g/mol. The topological polar surface area (TPSA) is 70.6 Å². The van der Waals surface area contributed by atoms with Crippen LogP contribution in [0.4, 0.5) is 0 Å². The van der Waals surface area contributed by atoms with Crippen molar-refractivity contribution in [2.24, 2.45) is 4.99 Å². The highest BCUT2D eigenvalue weighted by Gasteiger charge is 2.16. The van der Waals surface area contributed by atoms with Crippen LogP contribution in [0.2, 0.25) is 0 Å². The number of nitrogens with one attached hydrogen (secondary N) is 2. The van der Waals surface area contributed by atoms with E-state index in [0.717, 1.165) is 5.75 Å². The number of rotatable bonds is 3. The average Bonchev–Trinajstić information content (AvgIpc) is 2.70. The molecule has 2 N–H and O–H groups in total. The summed E-state index contributed by atoms with van der Waals surface area (Å²) in [7, 11) is 0. The molecule has 5 nitrogen and oxygen atoms in total. The Hall–Kier alpha value is -0.750. The van der Waals surface area contributed by atoms with Crippen LogP contribution in [0.3, 0.4) is 0 Å². The smallest absolute Gasteiger partial charge is 0.315 e. The zero-order chi connectivity index (χ0) is 11.1. The van der Waals surface area contributed by atoms with Crippen LogP contribution in [0.15, 0.2) is 4.99 Å². The molecule has 0 spiro atoms. The molecule has 1 aliphatic heterocycles. The van der Waals surface area contributed by atoms with Crippen LogP contribution in [-0.2, 0) is 9.59 Å². The molecule has 0 radical (unpaired) electrons. The minimum atomic E-state index is -0.669. The average molecular weight is 250 g/mol. The zero-order valence-corrected chi connectivity index (χ0v) is 9.66. The molecule has 15 heavy (non-hydrogen) atoms. The lowest BCUT2D eigenvalue weighted by Crippen LogP contribution is -2.41. The molecule has 1 rings (SSSR count). The maximum Gasteiger partial charge on any atom is 0.315 e. The van der Waals surface area contributed by atoms with Crippen molar-refractivity contribution in [2.45, 2.75) is 6.42 Å². The number of carbonyl (C=O) groups is 2. The summed E-state index contributed by atoms with van der Waals surface area (Å²) < 4.78 is 0. The van der Waals surface area contributed by atoms with Crippen molar-refractivity contribution >= 4 is 40.3 Å². The summed E-state index contributed by atoms with van der Waals surface area (Å²) in [6.45, 7) is 1.10. The van der Waals surface area contributed by atoms with E-state index in [1.165, 1.54) is 11.8 Å². The van der Waals surface area contributed by atoms with Crippen LogP contribution in [0, 0.1) is 0 Å². The van der Waals surface area contributed by atoms with Crippen molar-refractivity contribution in [3.63, 3.8) is 0 Å². The first-order chi connectivity index (χ1) is 7.24. The maximum atomic E-state index is 11.2. The van der Waals surface area contributed by atoms with E-state index in [0.29, 0.717) is 30.6 Å². The highest BCUT2D eigenvalue weighted by molar-refractivity contribution is 8.14. The van der Waals surface area contributed by atoms with E-state index in [1.54, 1.807) is 0 Å². The van der Waals surface area contributed by atoms with Gasteiger partial charge < -0.3 is 5.32 Å². The van der Waals surface area contributed by atoms with Crippen LogP contribution < -0.4 is 10.6 Å². The predicted octanol–water partition coefficient (Wildman–Crippen LogP) is -0.0495. The molecular formula is C8H12ClN3O2S. The molecule has 0 aliphatic carbocycles. The molecule has 0 aromatic rings. The fraction of sp³-hybridized carbons (Fsp3) is 0.625. The summed E-state index contributed by atoms with van der Waals surface area (Å²) in [6.07, 6.45) is 0.649. The molecule has 2 amide bonds. The van der Waals surface area contributed by atoms with Crippen molar-refractivity contribution in [1.82, 2.24) is 10.6 Å². The number of alkyl halides is 1. The van der Waals surface area contributed by atoms with Gasteiger partial charge in [-0.2, -0.15) is 0 Å². The highest BCUT2D eigenvalue weighted by Crippen LogP contribution is 2.08. The van der Waals surface area contributed by atoms with Gasteiger partial charge in [-0.05, 0) is 6.42 Å². The Kier molecular flexibility index (Phi) is 5.49. The van der Waals surface area contributed by atoms with Crippen LogP contribution in [0.25, 0.3) is 0 Å². The van der Waals surface area contributed by atoms with Gasteiger partial charge in [-0.25, -0.2) is 0 Å². The van der Waals surface area contributed by atoms with Gasteiger partial charge in [0.15, 0.2) is 5.17 Å². The third-order valence-electron chi connectivity index (χ3n) is 1.61. The Morgan fingerprint density at radius 1 is 1.47 bits per heavy atom. The van der Waals surface area contributed by atoms with Gasteiger partial charge in [-0.15, -0.1) is 11.6 Å². The fourth-order valence-corrected chi connectivity index (χ4v) is 1.77. The lowest BCUT2D eigenvalue weighted by atomic mass is 10.4. The first-order valence-corrected chi connectivity index (χ1v) is 6.08. The molecule has 1 aliphatic rings. The van der Waals surface area contributed by atoms with Crippen LogP contribution in [0.1, 0.15) is 6.42 Å². The van der Waals surface area contributed by atoms with E-state index in [4.69, 9.17) is 11.6 Å². The second kappa shape index (κ2) is 6.68. The van der Waals surface area contributed by atoms with Gasteiger partial charge in [0.2, 0.25) is 0 Å². The minimum absolute atomic E-state index is 0.412. The standard InChI is InChI=1S/C8H12ClN3O2S/c9-2-1-3-10-6(13)7(14)12-8-11-4-5-15-8/h1-5H2,(H,10,13)(H,11,12,14). The lowest BCUT2D eigenvalue weighted by Gasteiger charge is -2.04. The Balaban J connectivity index is 2.23. The summed E-state index contributed by atoms with van der Waals surface area (Å²) in [5.41, 5.74) is 0. The lowest BCUT2D eigenvalue weighted by molar-refractivity contribution is -0.138. The largest absolute Gasteiger partial charge is 0.348 e. The van der Waals surface area contributed by atoms with Crippen molar-refractivity contribution < 1.29 is 9.59 Å². The van der Waals surface area contributed by atoms with E-state index < -0.39 is 11.8 Å². The summed E-state index contributed by atoms with van der Waals surface area (Å²) in [4.78, 5) is 26.4. The molecule has 0 unspecified atom stereocenters. The van der Waals surface area contributed by atoms with Gasteiger partial charge in [0.25, 0.3) is 0 Å². The first kappa shape index (κ1) is 12.3. The van der Waals surface area contributed by atoms with Gasteiger partial charge in [0.05, 0.1) is 6.54 Å². The Morgan fingerprint density at radius 2 is 2.27 bits per heavy atom. The molecule has 7 heteroatoms. The van der Waals surface area contributed by atoms with E-state index >= 15 is 0 Å². The van der Waals surface area contributed by atoms with Crippen LogP contribution in [0.5, 0.6) is 0 Å². The Morgan fingerprint density at radius 3 is 2.87 bits per heavy atom. The number of carbonyl (C=O) groups excluding carboxylic acids is 2. The van der Waals surface area contributed by atoms with E-state index in [-0.39, 0.29) is 0 Å². The summed E-state index contributed by atoms with van der Waals surface area (Å²) in [6, 6.07) is 0. The SMILES string of the molecule is O=C(NCCCCl)C(=O)NC1=NCCS1. The number of amides is 2.